The highest BCUT2D eigenvalue weighted by Gasteiger charge is 2.35. The van der Waals surface area contributed by atoms with Crippen molar-refractivity contribution in [2.45, 2.75) is 51.6 Å². The summed E-state index contributed by atoms with van der Waals surface area (Å²) < 4.78 is 25.6. The molecule has 1 aliphatic rings. The van der Waals surface area contributed by atoms with Gasteiger partial charge in [0.05, 0.1) is 13.7 Å². The second-order valence-electron chi connectivity index (χ2n) is 8.66. The summed E-state index contributed by atoms with van der Waals surface area (Å²) in [6.07, 6.45) is 3.27. The zero-order valence-electron chi connectivity index (χ0n) is 20.8. The Morgan fingerprint density at radius 1 is 1.29 bits per heavy atom. The minimum atomic E-state index is -0.601. The summed E-state index contributed by atoms with van der Waals surface area (Å²) in [6.45, 7) is 3.45. The van der Waals surface area contributed by atoms with E-state index >= 15 is 0 Å². The molecule has 1 atom stereocenters. The SMILES string of the molecule is CCCCOC(=O)N1CCCC1C(=O)NCc1cc(F)c(N(C)CCc2ccccc2)nc1OC. The number of benzene rings is 1. The molecule has 0 bridgehead atoms. The van der Waals surface area contributed by atoms with Crippen LogP contribution in [0.25, 0.3) is 0 Å². The number of likely N-dealkylation sites (tertiary alicyclic amines) is 1. The van der Waals surface area contributed by atoms with Crippen molar-refractivity contribution in [3.8, 4) is 5.88 Å². The third kappa shape index (κ3) is 7.07. The Bertz CT molecular complexity index is 989. The molecule has 2 amide bonds. The average molecular weight is 487 g/mol. The summed E-state index contributed by atoms with van der Waals surface area (Å²) >= 11 is 0. The molecule has 3 rings (SSSR count). The molecule has 2 heterocycles. The van der Waals surface area contributed by atoms with E-state index in [0.717, 1.165) is 31.2 Å². The number of pyridine rings is 1. The number of halogens is 1. The van der Waals surface area contributed by atoms with Gasteiger partial charge in [-0.25, -0.2) is 9.18 Å². The van der Waals surface area contributed by atoms with E-state index in [-0.39, 0.29) is 24.1 Å². The molecule has 1 aromatic heterocycles. The number of nitrogens with zero attached hydrogens (tertiary/aromatic N) is 3. The lowest BCUT2D eigenvalue weighted by Gasteiger charge is -2.24. The average Bonchev–Trinajstić information content (AvgIpc) is 3.37. The van der Waals surface area contributed by atoms with Crippen molar-refractivity contribution < 1.29 is 23.5 Å². The first-order valence-electron chi connectivity index (χ1n) is 12.1. The van der Waals surface area contributed by atoms with Crippen LogP contribution < -0.4 is 15.0 Å². The van der Waals surface area contributed by atoms with Crippen LogP contribution in [0.4, 0.5) is 15.0 Å². The van der Waals surface area contributed by atoms with E-state index in [1.54, 1.807) is 11.9 Å². The van der Waals surface area contributed by atoms with Crippen LogP contribution in [-0.4, -0.2) is 61.8 Å². The molecule has 8 nitrogen and oxygen atoms in total. The molecule has 1 N–H and O–H groups in total. The van der Waals surface area contributed by atoms with E-state index in [9.17, 15) is 14.0 Å². The Morgan fingerprint density at radius 3 is 2.77 bits per heavy atom. The number of amides is 2. The Kier molecular flexibility index (Phi) is 9.69. The number of carbonyl (C=O) groups is 2. The van der Waals surface area contributed by atoms with Crippen LogP contribution in [0.2, 0.25) is 0 Å². The molecule has 1 fully saturated rings. The van der Waals surface area contributed by atoms with Crippen molar-refractivity contribution in [2.24, 2.45) is 0 Å². The Morgan fingerprint density at radius 2 is 2.06 bits per heavy atom. The number of hydrogen-bond donors (Lipinski definition) is 1. The van der Waals surface area contributed by atoms with Crippen LogP contribution in [0.1, 0.15) is 43.7 Å². The van der Waals surface area contributed by atoms with Gasteiger partial charge in [-0.1, -0.05) is 43.7 Å². The summed E-state index contributed by atoms with van der Waals surface area (Å²) in [5.41, 5.74) is 1.58. The Labute approximate surface area is 206 Å². The molecule has 0 aliphatic carbocycles. The summed E-state index contributed by atoms with van der Waals surface area (Å²) in [5.74, 6) is -0.366. The van der Waals surface area contributed by atoms with Gasteiger partial charge in [-0.05, 0) is 37.3 Å². The Balaban J connectivity index is 1.61. The third-order valence-corrected chi connectivity index (χ3v) is 6.10. The zero-order chi connectivity index (χ0) is 25.2. The van der Waals surface area contributed by atoms with Gasteiger partial charge in [-0.2, -0.15) is 4.98 Å². The van der Waals surface area contributed by atoms with Crippen LogP contribution in [0.3, 0.4) is 0 Å². The van der Waals surface area contributed by atoms with Gasteiger partial charge >= 0.3 is 6.09 Å². The summed E-state index contributed by atoms with van der Waals surface area (Å²) in [5, 5.41) is 2.80. The molecular formula is C26H35FN4O4. The molecule has 1 saturated heterocycles. The fourth-order valence-electron chi connectivity index (χ4n) is 4.06. The van der Waals surface area contributed by atoms with E-state index in [2.05, 4.69) is 10.3 Å². The molecule has 9 heteroatoms. The van der Waals surface area contributed by atoms with Crippen molar-refractivity contribution in [3.63, 3.8) is 0 Å². The lowest BCUT2D eigenvalue weighted by Crippen LogP contribution is -2.46. The minimum Gasteiger partial charge on any atom is -0.481 e. The predicted molar refractivity (Wildman–Crippen MR) is 132 cm³/mol. The number of nitrogens with one attached hydrogen (secondary N) is 1. The van der Waals surface area contributed by atoms with Crippen molar-refractivity contribution in [2.75, 3.05) is 38.8 Å². The lowest BCUT2D eigenvalue weighted by atomic mass is 10.1. The molecule has 1 unspecified atom stereocenters. The molecule has 0 radical (unpaired) electrons. The molecule has 35 heavy (non-hydrogen) atoms. The number of aromatic nitrogens is 1. The molecule has 1 aliphatic heterocycles. The van der Waals surface area contributed by atoms with Crippen molar-refractivity contribution >= 4 is 17.8 Å². The topological polar surface area (TPSA) is 84.0 Å². The number of methoxy groups -OCH3 is 1. The number of likely N-dealkylation sites (N-methyl/N-ethyl adjacent to an activating group) is 1. The molecule has 0 saturated carbocycles. The maximum atomic E-state index is 14.9. The highest BCUT2D eigenvalue weighted by Crippen LogP contribution is 2.25. The third-order valence-electron chi connectivity index (χ3n) is 6.10. The molecule has 2 aromatic rings. The molecular weight excluding hydrogens is 451 g/mol. The number of anilines is 1. The van der Waals surface area contributed by atoms with E-state index < -0.39 is 18.0 Å². The molecule has 0 spiro atoms. The number of ether oxygens (including phenoxy) is 2. The maximum Gasteiger partial charge on any atom is 0.410 e. The predicted octanol–water partition coefficient (Wildman–Crippen LogP) is 3.93. The number of unbranched alkanes of at least 4 members (excludes halogenated alkanes) is 1. The highest BCUT2D eigenvalue weighted by molar-refractivity contribution is 5.86. The number of rotatable bonds is 11. The maximum absolute atomic E-state index is 14.9. The lowest BCUT2D eigenvalue weighted by molar-refractivity contribution is -0.125. The van der Waals surface area contributed by atoms with Gasteiger partial charge in [0.2, 0.25) is 11.8 Å². The van der Waals surface area contributed by atoms with Gasteiger partial charge in [0.25, 0.3) is 0 Å². The van der Waals surface area contributed by atoms with Crippen LogP contribution in [0.5, 0.6) is 5.88 Å². The van der Waals surface area contributed by atoms with Gasteiger partial charge < -0.3 is 19.7 Å². The fraction of sp³-hybridized carbons (Fsp3) is 0.500. The first kappa shape index (κ1) is 26.2. The van der Waals surface area contributed by atoms with Gasteiger partial charge in [-0.3, -0.25) is 9.69 Å². The first-order chi connectivity index (χ1) is 16.9. The quantitative estimate of drug-likeness (QED) is 0.485. The van der Waals surface area contributed by atoms with Gasteiger partial charge in [0.1, 0.15) is 6.04 Å². The smallest absolute Gasteiger partial charge is 0.410 e. The highest BCUT2D eigenvalue weighted by atomic mass is 19.1. The Hall–Kier alpha value is -3.36. The van der Waals surface area contributed by atoms with Gasteiger partial charge in [0, 0.05) is 32.2 Å². The molecule has 190 valence electrons. The molecule has 1 aromatic carbocycles. The summed E-state index contributed by atoms with van der Waals surface area (Å²) in [7, 11) is 3.24. The van der Waals surface area contributed by atoms with Crippen LogP contribution >= 0.6 is 0 Å². The van der Waals surface area contributed by atoms with Gasteiger partial charge in [0.15, 0.2) is 11.6 Å². The number of hydrogen-bond acceptors (Lipinski definition) is 6. The first-order valence-corrected chi connectivity index (χ1v) is 12.1. The van der Waals surface area contributed by atoms with Crippen LogP contribution in [0, 0.1) is 5.82 Å². The van der Waals surface area contributed by atoms with Crippen molar-refractivity contribution in [3.05, 3.63) is 53.3 Å². The van der Waals surface area contributed by atoms with Crippen molar-refractivity contribution in [1.29, 1.82) is 0 Å². The summed E-state index contributed by atoms with van der Waals surface area (Å²) in [4.78, 5) is 32.7. The van der Waals surface area contributed by atoms with E-state index in [1.807, 2.05) is 37.3 Å². The largest absolute Gasteiger partial charge is 0.481 e. The zero-order valence-corrected chi connectivity index (χ0v) is 20.8. The summed E-state index contributed by atoms with van der Waals surface area (Å²) in [6, 6.07) is 10.7. The monoisotopic (exact) mass is 486 g/mol. The van der Waals surface area contributed by atoms with Crippen molar-refractivity contribution in [1.82, 2.24) is 15.2 Å². The fourth-order valence-corrected chi connectivity index (χ4v) is 4.06. The normalized spacial score (nSPS) is 15.1. The van der Waals surface area contributed by atoms with Crippen LogP contribution in [0.15, 0.2) is 36.4 Å². The van der Waals surface area contributed by atoms with E-state index in [4.69, 9.17) is 9.47 Å². The second kappa shape index (κ2) is 12.9. The van der Waals surface area contributed by atoms with E-state index in [1.165, 1.54) is 18.1 Å². The van der Waals surface area contributed by atoms with Gasteiger partial charge in [-0.15, -0.1) is 0 Å². The van der Waals surface area contributed by atoms with E-state index in [0.29, 0.717) is 31.7 Å². The minimum absolute atomic E-state index is 0.0369. The number of carbonyl (C=O) groups excluding carboxylic acids is 2. The second-order valence-corrected chi connectivity index (χ2v) is 8.66. The standard InChI is InChI=1S/C26H35FN4O4/c1-4-5-16-35-26(33)31-14-9-12-22(31)24(32)28-18-20-17-21(27)23(29-25(20)34-3)30(2)15-13-19-10-7-6-8-11-19/h6-8,10-11,17,22H,4-5,9,12-16,18H2,1-3H3,(H,28,32). The van der Waals surface area contributed by atoms with Crippen LogP contribution in [-0.2, 0) is 22.5 Å².